The highest BCUT2D eigenvalue weighted by Crippen LogP contribution is 1.72. The lowest BCUT2D eigenvalue weighted by Gasteiger charge is -1.89. The zero-order valence-corrected chi connectivity index (χ0v) is 6.70. The zero-order chi connectivity index (χ0) is 9.70. The van der Waals surface area contributed by atoms with Gasteiger partial charge in [0, 0.05) is 0 Å². The molecule has 0 aromatic carbocycles. The minimum Gasteiger partial charge on any atom is -0.438 e. The number of carbonyl (C=O) groups is 2. The Bertz CT molecular complexity index is 88.6. The average molecular weight is 163 g/mol. The molecule has 0 spiro atoms. The predicted octanol–water partition coefficient (Wildman–Crippen LogP) is 0.303. The Balaban J connectivity index is -0.000000109. The van der Waals surface area contributed by atoms with E-state index in [1.807, 2.05) is 0 Å². The molecule has 0 heterocycles. The minimum atomic E-state index is -0.657. The van der Waals surface area contributed by atoms with E-state index in [1.165, 1.54) is 14.2 Å². The maximum Gasteiger partial charge on any atom is 0.507 e. The standard InChI is InChI=1S/C3H6O3.C2H4.CH3NO/c1-5-3(4)6-2;1-2;2-1-3/h1-2H3;1-2H2;1H,(H2,2,3). The van der Waals surface area contributed by atoms with Gasteiger partial charge in [-0.1, -0.05) is 0 Å². The van der Waals surface area contributed by atoms with Gasteiger partial charge in [0.15, 0.2) is 0 Å². The molecule has 0 aromatic rings. The van der Waals surface area contributed by atoms with Crippen LogP contribution < -0.4 is 5.73 Å². The first-order valence-corrected chi connectivity index (χ1v) is 2.50. The number of rotatable bonds is 0. The molecule has 0 aliphatic heterocycles. The van der Waals surface area contributed by atoms with Crippen LogP contribution in [-0.4, -0.2) is 26.8 Å². The van der Waals surface area contributed by atoms with E-state index in [0.717, 1.165) is 0 Å². The molecule has 2 N–H and O–H groups in total. The Hall–Kier alpha value is -1.52. The smallest absolute Gasteiger partial charge is 0.438 e. The zero-order valence-electron chi connectivity index (χ0n) is 6.70. The number of primary amides is 1. The molecular formula is C6H13NO4. The van der Waals surface area contributed by atoms with Crippen LogP contribution in [0.25, 0.3) is 0 Å². The second-order valence-corrected chi connectivity index (χ2v) is 0.794. The number of hydrogen-bond donors (Lipinski definition) is 1. The van der Waals surface area contributed by atoms with E-state index >= 15 is 0 Å². The molecule has 0 saturated carbocycles. The molecule has 5 nitrogen and oxygen atoms in total. The summed E-state index contributed by atoms with van der Waals surface area (Å²) in [5.41, 5.74) is 4.17. The van der Waals surface area contributed by atoms with Gasteiger partial charge in [-0.05, 0) is 0 Å². The second kappa shape index (κ2) is 23.6. The molecule has 0 aliphatic carbocycles. The molecule has 0 radical (unpaired) electrons. The van der Waals surface area contributed by atoms with Crippen LogP contribution in [0.3, 0.4) is 0 Å². The first-order valence-electron chi connectivity index (χ1n) is 2.50. The fourth-order valence-corrected chi connectivity index (χ4v) is 0.0833. The van der Waals surface area contributed by atoms with Crippen LogP contribution in [0.2, 0.25) is 0 Å². The Labute approximate surface area is 65.8 Å². The summed E-state index contributed by atoms with van der Waals surface area (Å²) in [5, 5.41) is 0. The molecule has 0 unspecified atom stereocenters. The maximum absolute atomic E-state index is 9.74. The maximum atomic E-state index is 9.74. The molecule has 5 heteroatoms. The molecule has 66 valence electrons. The second-order valence-electron chi connectivity index (χ2n) is 0.794. The SMILES string of the molecule is C=C.COC(=O)OC.NC=O. The Morgan fingerprint density at radius 2 is 1.55 bits per heavy atom. The fourth-order valence-electron chi connectivity index (χ4n) is 0.0833. The third-order valence-corrected chi connectivity index (χ3v) is 0.333. The van der Waals surface area contributed by atoms with E-state index in [2.05, 4.69) is 28.4 Å². The summed E-state index contributed by atoms with van der Waals surface area (Å²) in [7, 11) is 2.51. The van der Waals surface area contributed by atoms with Gasteiger partial charge in [0.1, 0.15) is 0 Å². The third-order valence-electron chi connectivity index (χ3n) is 0.333. The van der Waals surface area contributed by atoms with Crippen LogP contribution in [-0.2, 0) is 14.3 Å². The van der Waals surface area contributed by atoms with Crippen molar-refractivity contribution in [3.8, 4) is 0 Å². The first-order chi connectivity index (χ1) is 5.22. The van der Waals surface area contributed by atoms with Crippen molar-refractivity contribution in [3.63, 3.8) is 0 Å². The van der Waals surface area contributed by atoms with Crippen LogP contribution in [0.4, 0.5) is 4.79 Å². The summed E-state index contributed by atoms with van der Waals surface area (Å²) in [6, 6.07) is 0. The summed E-state index contributed by atoms with van der Waals surface area (Å²) in [5.74, 6) is 0. The van der Waals surface area contributed by atoms with Gasteiger partial charge in [-0.15, -0.1) is 13.2 Å². The normalized spacial score (nSPS) is 5.27. The number of hydrogen-bond acceptors (Lipinski definition) is 4. The summed E-state index contributed by atoms with van der Waals surface area (Å²) in [4.78, 5) is 18.3. The van der Waals surface area contributed by atoms with Crippen molar-refractivity contribution in [2.24, 2.45) is 5.73 Å². The lowest BCUT2D eigenvalue weighted by atomic mass is 11.3. The number of nitrogens with two attached hydrogens (primary N) is 1. The van der Waals surface area contributed by atoms with Gasteiger partial charge < -0.3 is 15.2 Å². The van der Waals surface area contributed by atoms with Gasteiger partial charge in [-0.2, -0.15) is 0 Å². The molecule has 0 aliphatic rings. The quantitative estimate of drug-likeness (QED) is 0.316. The van der Waals surface area contributed by atoms with Crippen LogP contribution >= 0.6 is 0 Å². The highest BCUT2D eigenvalue weighted by atomic mass is 16.7. The molecule has 0 rings (SSSR count). The van der Waals surface area contributed by atoms with E-state index in [1.54, 1.807) is 0 Å². The number of ether oxygens (including phenoxy) is 2. The van der Waals surface area contributed by atoms with Crippen molar-refractivity contribution < 1.29 is 19.1 Å². The van der Waals surface area contributed by atoms with Gasteiger partial charge in [-0.25, -0.2) is 4.79 Å². The Morgan fingerprint density at radius 3 is 1.55 bits per heavy atom. The molecule has 0 saturated heterocycles. The van der Waals surface area contributed by atoms with Crippen LogP contribution in [0.5, 0.6) is 0 Å². The van der Waals surface area contributed by atoms with Gasteiger partial charge in [0.05, 0.1) is 14.2 Å². The molecule has 11 heavy (non-hydrogen) atoms. The van der Waals surface area contributed by atoms with Gasteiger partial charge >= 0.3 is 6.16 Å². The molecule has 0 atom stereocenters. The van der Waals surface area contributed by atoms with Crippen molar-refractivity contribution in [3.05, 3.63) is 13.2 Å². The van der Waals surface area contributed by atoms with Gasteiger partial charge in [0.25, 0.3) is 0 Å². The van der Waals surface area contributed by atoms with E-state index in [4.69, 9.17) is 4.79 Å². The summed E-state index contributed by atoms with van der Waals surface area (Å²) in [6.07, 6.45) is -0.407. The van der Waals surface area contributed by atoms with E-state index in [0.29, 0.717) is 0 Å². The van der Waals surface area contributed by atoms with Crippen molar-refractivity contribution in [1.29, 1.82) is 0 Å². The highest BCUT2D eigenvalue weighted by molar-refractivity contribution is 5.59. The van der Waals surface area contributed by atoms with Crippen LogP contribution in [0.1, 0.15) is 0 Å². The monoisotopic (exact) mass is 163 g/mol. The summed E-state index contributed by atoms with van der Waals surface area (Å²) < 4.78 is 8.08. The van der Waals surface area contributed by atoms with Gasteiger partial charge in [0.2, 0.25) is 6.41 Å². The lowest BCUT2D eigenvalue weighted by molar-refractivity contribution is -0.106. The summed E-state index contributed by atoms with van der Waals surface area (Å²) in [6.45, 7) is 6.00. The number of carbonyl (C=O) groups excluding carboxylic acids is 2. The summed E-state index contributed by atoms with van der Waals surface area (Å²) >= 11 is 0. The number of methoxy groups -OCH3 is 2. The molecule has 0 aromatic heterocycles. The van der Waals surface area contributed by atoms with Crippen LogP contribution in [0.15, 0.2) is 13.2 Å². The Kier molecular flexibility index (Phi) is 34.9. The highest BCUT2D eigenvalue weighted by Gasteiger charge is 1.88. The van der Waals surface area contributed by atoms with Crippen molar-refractivity contribution >= 4 is 12.6 Å². The van der Waals surface area contributed by atoms with Crippen molar-refractivity contribution in [2.45, 2.75) is 0 Å². The molecule has 1 amide bonds. The minimum absolute atomic E-state index is 0.250. The van der Waals surface area contributed by atoms with E-state index in [-0.39, 0.29) is 6.41 Å². The van der Waals surface area contributed by atoms with Gasteiger partial charge in [-0.3, -0.25) is 4.79 Å². The van der Waals surface area contributed by atoms with E-state index in [9.17, 15) is 4.79 Å². The molecular weight excluding hydrogens is 150 g/mol. The van der Waals surface area contributed by atoms with E-state index < -0.39 is 6.16 Å². The number of amides is 1. The van der Waals surface area contributed by atoms with Crippen LogP contribution in [0, 0.1) is 0 Å². The topological polar surface area (TPSA) is 78.6 Å². The van der Waals surface area contributed by atoms with Crippen molar-refractivity contribution in [1.82, 2.24) is 0 Å². The first kappa shape index (κ1) is 16.2. The third kappa shape index (κ3) is 57.9. The Morgan fingerprint density at radius 1 is 1.36 bits per heavy atom. The average Bonchev–Trinajstić information content (AvgIpc) is 2.08. The predicted molar refractivity (Wildman–Crippen MR) is 40.9 cm³/mol. The molecule has 0 fully saturated rings. The van der Waals surface area contributed by atoms with Crippen molar-refractivity contribution in [2.75, 3.05) is 14.2 Å². The lowest BCUT2D eigenvalue weighted by Crippen LogP contribution is -1.97. The fraction of sp³-hybridized carbons (Fsp3) is 0.333. The molecule has 0 bridgehead atoms. The largest absolute Gasteiger partial charge is 0.507 e.